The normalized spacial score (nSPS) is 15.1. The fourth-order valence-corrected chi connectivity index (χ4v) is 4.17. The number of nitrogens with one attached hydrogen (secondary N) is 2. The van der Waals surface area contributed by atoms with E-state index in [0.29, 0.717) is 24.9 Å². The van der Waals surface area contributed by atoms with Crippen LogP contribution in [-0.2, 0) is 19.1 Å². The number of hydrogen-bond donors (Lipinski definition) is 4. The third-order valence-electron chi connectivity index (χ3n) is 6.18. The molecule has 10 nitrogen and oxygen atoms in total. The van der Waals surface area contributed by atoms with Gasteiger partial charge < -0.3 is 31.1 Å². The molecule has 1 aromatic carbocycles. The van der Waals surface area contributed by atoms with Crippen LogP contribution in [0.1, 0.15) is 90.7 Å². The van der Waals surface area contributed by atoms with E-state index in [9.17, 15) is 24.3 Å². The van der Waals surface area contributed by atoms with Gasteiger partial charge in [-0.25, -0.2) is 4.79 Å². The van der Waals surface area contributed by atoms with Gasteiger partial charge in [0.25, 0.3) is 0 Å². The van der Waals surface area contributed by atoms with Gasteiger partial charge in [0.15, 0.2) is 0 Å². The molecular weight excluding hydrogens is 476 g/mol. The molecule has 0 aromatic heterocycles. The van der Waals surface area contributed by atoms with Crippen molar-refractivity contribution in [3.8, 4) is 5.75 Å². The van der Waals surface area contributed by atoms with Crippen molar-refractivity contribution in [2.75, 3.05) is 6.54 Å². The van der Waals surface area contributed by atoms with Crippen LogP contribution in [0.25, 0.3) is 0 Å². The zero-order valence-electron chi connectivity index (χ0n) is 22.4. The molecule has 1 aromatic rings. The van der Waals surface area contributed by atoms with Crippen LogP contribution in [0, 0.1) is 0 Å². The molecule has 0 radical (unpaired) electrons. The molecule has 0 saturated heterocycles. The van der Waals surface area contributed by atoms with Gasteiger partial charge in [-0.3, -0.25) is 14.4 Å². The van der Waals surface area contributed by atoms with Crippen molar-refractivity contribution >= 4 is 23.8 Å². The van der Waals surface area contributed by atoms with E-state index in [0.717, 1.165) is 25.7 Å². The Labute approximate surface area is 219 Å². The number of primary amides is 1. The fourth-order valence-electron chi connectivity index (χ4n) is 4.17. The number of nitrogens with zero attached hydrogens (tertiary/aromatic N) is 1. The lowest BCUT2D eigenvalue weighted by atomic mass is 9.87. The summed E-state index contributed by atoms with van der Waals surface area (Å²) in [5.74, 6) is -1.52. The van der Waals surface area contributed by atoms with Crippen LogP contribution in [0.2, 0.25) is 0 Å². The number of unbranched alkanes of at least 4 members (excludes halogenated alkanes) is 2. The van der Waals surface area contributed by atoms with E-state index in [4.69, 9.17) is 10.5 Å². The van der Waals surface area contributed by atoms with Crippen molar-refractivity contribution in [1.29, 1.82) is 0 Å². The first-order valence-electron chi connectivity index (χ1n) is 13.1. The number of carbonyl (C=O) groups is 4. The maximum atomic E-state index is 14.0. The van der Waals surface area contributed by atoms with Crippen molar-refractivity contribution in [1.82, 2.24) is 15.5 Å². The first kappa shape index (κ1) is 29.9. The van der Waals surface area contributed by atoms with Crippen LogP contribution < -0.4 is 16.4 Å². The van der Waals surface area contributed by atoms with E-state index in [2.05, 4.69) is 17.6 Å². The summed E-state index contributed by atoms with van der Waals surface area (Å²) < 4.78 is 5.34. The minimum atomic E-state index is -1.13. The average molecular weight is 519 g/mol. The number of ether oxygens (including phenoxy) is 1. The van der Waals surface area contributed by atoms with E-state index in [1.54, 1.807) is 32.9 Å². The van der Waals surface area contributed by atoms with E-state index in [1.165, 1.54) is 17.0 Å². The van der Waals surface area contributed by atoms with Crippen molar-refractivity contribution < 1.29 is 29.0 Å². The Morgan fingerprint density at radius 2 is 1.89 bits per heavy atom. The summed E-state index contributed by atoms with van der Waals surface area (Å²) in [6.07, 6.45) is 4.05. The molecule has 0 spiro atoms. The fraction of sp³-hybridized carbons (Fsp3) is 0.630. The van der Waals surface area contributed by atoms with Crippen LogP contribution in [0.4, 0.5) is 4.79 Å². The Bertz CT molecular complexity index is 941. The number of alkyl carbamates (subject to hydrolysis) is 1. The van der Waals surface area contributed by atoms with Crippen LogP contribution in [0.3, 0.4) is 0 Å². The van der Waals surface area contributed by atoms with Gasteiger partial charge in [0.2, 0.25) is 17.7 Å². The number of phenolic OH excluding ortho intramolecular Hbond substituents is 1. The summed E-state index contributed by atoms with van der Waals surface area (Å²) in [5, 5.41) is 15.7. The predicted octanol–water partition coefficient (Wildman–Crippen LogP) is 3.28. The van der Waals surface area contributed by atoms with Crippen molar-refractivity contribution in [3.63, 3.8) is 0 Å². The topological polar surface area (TPSA) is 151 Å². The lowest BCUT2D eigenvalue weighted by Gasteiger charge is -2.43. The Morgan fingerprint density at radius 3 is 2.43 bits per heavy atom. The van der Waals surface area contributed by atoms with Gasteiger partial charge in [0, 0.05) is 19.0 Å². The molecule has 2 unspecified atom stereocenters. The molecule has 0 aliphatic heterocycles. The number of aromatic hydroxyl groups is 1. The van der Waals surface area contributed by atoms with Gasteiger partial charge in [0.05, 0.1) is 0 Å². The monoisotopic (exact) mass is 518 g/mol. The number of rotatable bonds is 13. The van der Waals surface area contributed by atoms with E-state index in [1.807, 2.05) is 0 Å². The summed E-state index contributed by atoms with van der Waals surface area (Å²) >= 11 is 0. The second kappa shape index (κ2) is 13.9. The maximum Gasteiger partial charge on any atom is 0.408 e. The molecule has 206 valence electrons. The highest BCUT2D eigenvalue weighted by atomic mass is 16.6. The number of carbonyl (C=O) groups excluding carboxylic acids is 4. The summed E-state index contributed by atoms with van der Waals surface area (Å²) in [6.45, 7) is 7.63. The molecule has 10 heteroatoms. The Hall–Kier alpha value is -3.30. The van der Waals surface area contributed by atoms with Gasteiger partial charge in [-0.05, 0) is 70.6 Å². The minimum absolute atomic E-state index is 0.0283. The molecule has 1 fully saturated rings. The third-order valence-corrected chi connectivity index (χ3v) is 6.18. The van der Waals surface area contributed by atoms with Gasteiger partial charge in [0.1, 0.15) is 23.4 Å². The molecule has 2 rings (SSSR count). The molecule has 1 aliphatic carbocycles. The zero-order chi connectivity index (χ0) is 27.6. The van der Waals surface area contributed by atoms with Crippen molar-refractivity contribution in [2.45, 2.75) is 103 Å². The Morgan fingerprint density at radius 1 is 1.19 bits per heavy atom. The Kier molecular flexibility index (Phi) is 11.2. The second-order valence-corrected chi connectivity index (χ2v) is 10.5. The summed E-state index contributed by atoms with van der Waals surface area (Å²) in [4.78, 5) is 53.2. The molecule has 37 heavy (non-hydrogen) atoms. The third kappa shape index (κ3) is 9.59. The number of hydrogen-bond acceptors (Lipinski definition) is 6. The summed E-state index contributed by atoms with van der Waals surface area (Å²) in [6, 6.07) is 3.88. The quantitative estimate of drug-likeness (QED) is 0.294. The van der Waals surface area contributed by atoms with Crippen LogP contribution >= 0.6 is 0 Å². The van der Waals surface area contributed by atoms with Gasteiger partial charge in [-0.1, -0.05) is 31.9 Å². The first-order valence-corrected chi connectivity index (χ1v) is 13.1. The lowest BCUT2D eigenvalue weighted by molar-refractivity contribution is -0.147. The van der Waals surface area contributed by atoms with E-state index in [-0.39, 0.29) is 30.5 Å². The molecule has 2 atom stereocenters. The number of amides is 4. The van der Waals surface area contributed by atoms with Gasteiger partial charge in [-0.15, -0.1) is 0 Å². The van der Waals surface area contributed by atoms with Gasteiger partial charge >= 0.3 is 6.09 Å². The van der Waals surface area contributed by atoms with E-state index >= 15 is 0 Å². The van der Waals surface area contributed by atoms with Crippen LogP contribution in [-0.4, -0.2) is 58.1 Å². The SMILES string of the molecule is CCCCCNC(=O)C(c1cccc(O)c1)N(C(=O)C(CCC(N)=O)NC(=O)OC(C)(C)C)C1CCC1. The highest BCUT2D eigenvalue weighted by Gasteiger charge is 2.42. The number of nitrogens with two attached hydrogens (primary N) is 1. The van der Waals surface area contributed by atoms with Crippen molar-refractivity contribution in [2.24, 2.45) is 5.73 Å². The Balaban J connectivity index is 2.43. The largest absolute Gasteiger partial charge is 0.508 e. The van der Waals surface area contributed by atoms with E-state index < -0.39 is 35.6 Å². The maximum absolute atomic E-state index is 14.0. The van der Waals surface area contributed by atoms with Crippen molar-refractivity contribution in [3.05, 3.63) is 29.8 Å². The predicted molar refractivity (Wildman–Crippen MR) is 139 cm³/mol. The first-order chi connectivity index (χ1) is 17.4. The highest BCUT2D eigenvalue weighted by Crippen LogP contribution is 2.35. The average Bonchev–Trinajstić information content (AvgIpc) is 2.76. The van der Waals surface area contributed by atoms with Crippen LogP contribution in [0.5, 0.6) is 5.75 Å². The van der Waals surface area contributed by atoms with Gasteiger partial charge in [-0.2, -0.15) is 0 Å². The smallest absolute Gasteiger partial charge is 0.408 e. The number of benzene rings is 1. The molecule has 1 aliphatic rings. The molecule has 1 saturated carbocycles. The highest BCUT2D eigenvalue weighted by molar-refractivity contribution is 5.92. The summed E-state index contributed by atoms with van der Waals surface area (Å²) in [7, 11) is 0. The minimum Gasteiger partial charge on any atom is -0.508 e. The lowest BCUT2D eigenvalue weighted by Crippen LogP contribution is -2.57. The molecule has 0 bridgehead atoms. The standard InChI is InChI=1S/C27H42N4O6/c1-5-6-7-16-29-24(34)23(18-10-8-13-20(32)17-18)31(19-11-9-12-19)25(35)21(14-15-22(28)33)30-26(36)37-27(2,3)4/h8,10,13,17,19,21,23,32H,5-7,9,11-12,14-16H2,1-4H3,(H2,28,33)(H,29,34)(H,30,36). The molecule has 4 amide bonds. The van der Waals surface area contributed by atoms with Crippen LogP contribution in [0.15, 0.2) is 24.3 Å². The number of phenols is 1. The summed E-state index contributed by atoms with van der Waals surface area (Å²) in [5.41, 5.74) is 5.01. The molecule has 0 heterocycles. The molecule has 5 N–H and O–H groups in total. The molecular formula is C27H42N4O6. The zero-order valence-corrected chi connectivity index (χ0v) is 22.4. The second-order valence-electron chi connectivity index (χ2n) is 10.5.